The van der Waals surface area contributed by atoms with Gasteiger partial charge in [0.05, 0.1) is 12.5 Å². The fraction of sp³-hybridized carbons (Fsp3) is 0.545. The number of nitrogens with zero attached hydrogens (tertiary/aromatic N) is 4. The van der Waals surface area contributed by atoms with Gasteiger partial charge < -0.3 is 14.5 Å². The Morgan fingerprint density at radius 1 is 1.16 bits per heavy atom. The molecule has 0 saturated carbocycles. The highest BCUT2D eigenvalue weighted by Crippen LogP contribution is 2.30. The van der Waals surface area contributed by atoms with Crippen LogP contribution in [0, 0.1) is 5.92 Å². The number of rotatable bonds is 6. The van der Waals surface area contributed by atoms with Crippen LogP contribution >= 0.6 is 23.1 Å². The van der Waals surface area contributed by atoms with Gasteiger partial charge in [0, 0.05) is 42.6 Å². The molecule has 0 radical (unpaired) electrons. The number of halogens is 1. The van der Waals surface area contributed by atoms with E-state index in [9.17, 15) is 9.59 Å². The second-order valence-corrected chi connectivity index (χ2v) is 9.17. The van der Waals surface area contributed by atoms with Crippen molar-refractivity contribution >= 4 is 40.1 Å². The van der Waals surface area contributed by atoms with E-state index in [2.05, 4.69) is 9.27 Å². The molecule has 0 aliphatic carbocycles. The molecule has 4 rings (SSSR count). The minimum absolute atomic E-state index is 0.0951. The van der Waals surface area contributed by atoms with Gasteiger partial charge in [-0.2, -0.15) is 4.37 Å². The van der Waals surface area contributed by atoms with Gasteiger partial charge in [0.15, 0.2) is 0 Å². The molecular weight excluding hydrogens is 436 g/mol. The molecule has 0 N–H and O–H groups in total. The zero-order valence-corrected chi connectivity index (χ0v) is 19.2. The van der Waals surface area contributed by atoms with Gasteiger partial charge in [-0.25, -0.2) is 4.98 Å². The topological polar surface area (TPSA) is 75.6 Å². The Kier molecular flexibility index (Phi) is 7.07. The lowest BCUT2D eigenvalue weighted by Crippen LogP contribution is -2.49. The summed E-state index contributed by atoms with van der Waals surface area (Å²) in [6, 6.07) is 7.49. The molecule has 1 aromatic heterocycles. The van der Waals surface area contributed by atoms with Crippen molar-refractivity contribution in [2.75, 3.05) is 31.1 Å². The lowest BCUT2D eigenvalue weighted by molar-refractivity contribution is -0.151. The van der Waals surface area contributed by atoms with Gasteiger partial charge in [0.25, 0.3) is 0 Å². The lowest BCUT2D eigenvalue weighted by Gasteiger charge is -2.34. The predicted molar refractivity (Wildman–Crippen MR) is 120 cm³/mol. The molecule has 0 bridgehead atoms. The number of benzene rings is 1. The van der Waals surface area contributed by atoms with Gasteiger partial charge in [-0.3, -0.25) is 9.59 Å². The van der Waals surface area contributed by atoms with E-state index in [-0.39, 0.29) is 23.8 Å². The predicted octanol–water partition coefficient (Wildman–Crippen LogP) is 3.55. The molecule has 2 aliphatic rings. The van der Waals surface area contributed by atoms with Gasteiger partial charge in [-0.1, -0.05) is 23.7 Å². The number of esters is 1. The highest BCUT2D eigenvalue weighted by atomic mass is 35.5. The Morgan fingerprint density at radius 3 is 2.61 bits per heavy atom. The monoisotopic (exact) mass is 462 g/mol. The summed E-state index contributed by atoms with van der Waals surface area (Å²) in [4.78, 5) is 33.9. The van der Waals surface area contributed by atoms with E-state index < -0.39 is 0 Å². The number of amides is 1. The molecule has 1 unspecified atom stereocenters. The average Bonchev–Trinajstić information content (AvgIpc) is 3.44. The van der Waals surface area contributed by atoms with Crippen molar-refractivity contribution in [3.05, 3.63) is 40.7 Å². The SMILES string of the molecule is CCOC(=O)C1CCN(C(=O)C2CCCN2c2nc(Cc3ccc(Cl)cc3)ns2)CC1. The molecule has 2 aliphatic heterocycles. The first kappa shape index (κ1) is 22.0. The van der Waals surface area contributed by atoms with E-state index in [1.807, 2.05) is 36.1 Å². The Bertz CT molecular complexity index is 912. The number of ether oxygens (including phenoxy) is 1. The van der Waals surface area contributed by atoms with Crippen LogP contribution in [-0.4, -0.2) is 58.4 Å². The molecule has 9 heteroatoms. The molecule has 1 atom stereocenters. The number of likely N-dealkylation sites (tertiary alicyclic amines) is 1. The minimum Gasteiger partial charge on any atom is -0.466 e. The second kappa shape index (κ2) is 9.96. The molecule has 1 amide bonds. The van der Waals surface area contributed by atoms with Crippen molar-refractivity contribution in [1.82, 2.24) is 14.3 Å². The van der Waals surface area contributed by atoms with Crippen molar-refractivity contribution in [1.29, 1.82) is 0 Å². The van der Waals surface area contributed by atoms with Crippen molar-refractivity contribution in [2.45, 2.75) is 45.1 Å². The zero-order valence-electron chi connectivity index (χ0n) is 17.6. The smallest absolute Gasteiger partial charge is 0.309 e. The number of carbonyl (C=O) groups excluding carboxylic acids is 2. The Balaban J connectivity index is 1.37. The third-order valence-electron chi connectivity index (χ3n) is 5.94. The van der Waals surface area contributed by atoms with Gasteiger partial charge in [0.2, 0.25) is 11.0 Å². The van der Waals surface area contributed by atoms with Crippen molar-refractivity contribution in [3.8, 4) is 0 Å². The summed E-state index contributed by atoms with van der Waals surface area (Å²) < 4.78 is 9.64. The van der Waals surface area contributed by atoms with Crippen LogP contribution in [0.2, 0.25) is 5.02 Å². The number of hydrogen-bond donors (Lipinski definition) is 0. The average molecular weight is 463 g/mol. The summed E-state index contributed by atoms with van der Waals surface area (Å²) in [5.74, 6) is 0.659. The first-order chi connectivity index (χ1) is 15.0. The standard InChI is InChI=1S/C22H27ClN4O3S/c1-2-30-21(29)16-9-12-26(13-10-16)20(28)18-4-3-11-27(18)22-24-19(25-31-22)14-15-5-7-17(23)8-6-15/h5-8,16,18H,2-4,9-14H2,1H3. The van der Waals surface area contributed by atoms with Crippen LogP contribution in [0.4, 0.5) is 5.13 Å². The van der Waals surface area contributed by atoms with E-state index in [4.69, 9.17) is 21.3 Å². The highest BCUT2D eigenvalue weighted by Gasteiger charge is 2.37. The maximum atomic E-state index is 13.2. The first-order valence-corrected chi connectivity index (χ1v) is 12.0. The summed E-state index contributed by atoms with van der Waals surface area (Å²) in [5, 5.41) is 1.52. The van der Waals surface area contributed by atoms with E-state index in [1.54, 1.807) is 0 Å². The number of piperidine rings is 1. The quantitative estimate of drug-likeness (QED) is 0.611. The van der Waals surface area contributed by atoms with Crippen LogP contribution in [0.1, 0.15) is 44.0 Å². The minimum atomic E-state index is -0.199. The largest absolute Gasteiger partial charge is 0.466 e. The van der Waals surface area contributed by atoms with Crippen LogP contribution in [0.5, 0.6) is 0 Å². The van der Waals surface area contributed by atoms with E-state index in [0.29, 0.717) is 44.0 Å². The van der Waals surface area contributed by atoms with E-state index in [0.717, 1.165) is 35.9 Å². The molecule has 7 nitrogen and oxygen atoms in total. The summed E-state index contributed by atoms with van der Waals surface area (Å²) in [7, 11) is 0. The molecule has 2 aromatic rings. The van der Waals surface area contributed by atoms with E-state index >= 15 is 0 Å². The van der Waals surface area contributed by atoms with Crippen LogP contribution in [0.25, 0.3) is 0 Å². The first-order valence-electron chi connectivity index (χ1n) is 10.8. The summed E-state index contributed by atoms with van der Waals surface area (Å²) in [5.41, 5.74) is 1.10. The zero-order chi connectivity index (χ0) is 21.8. The molecule has 2 saturated heterocycles. The number of aromatic nitrogens is 2. The summed E-state index contributed by atoms with van der Waals surface area (Å²) in [6.45, 7) is 4.23. The maximum absolute atomic E-state index is 13.2. The second-order valence-electron chi connectivity index (χ2n) is 8.00. The fourth-order valence-electron chi connectivity index (χ4n) is 4.28. The number of hydrogen-bond acceptors (Lipinski definition) is 7. The third kappa shape index (κ3) is 5.18. The molecular formula is C22H27ClN4O3S. The van der Waals surface area contributed by atoms with Crippen LogP contribution in [0.15, 0.2) is 24.3 Å². The van der Waals surface area contributed by atoms with Crippen molar-refractivity contribution in [3.63, 3.8) is 0 Å². The Hall–Kier alpha value is -2.19. The molecule has 3 heterocycles. The number of anilines is 1. The molecule has 31 heavy (non-hydrogen) atoms. The van der Waals surface area contributed by atoms with Gasteiger partial charge in [-0.15, -0.1) is 0 Å². The Labute approximate surface area is 191 Å². The van der Waals surface area contributed by atoms with Gasteiger partial charge >= 0.3 is 5.97 Å². The third-order valence-corrected chi connectivity index (χ3v) is 6.99. The summed E-state index contributed by atoms with van der Waals surface area (Å²) in [6.07, 6.45) is 3.76. The molecule has 2 fully saturated rings. The molecule has 0 spiro atoms. The van der Waals surface area contributed by atoms with Crippen LogP contribution in [-0.2, 0) is 20.7 Å². The maximum Gasteiger partial charge on any atom is 0.309 e. The van der Waals surface area contributed by atoms with Gasteiger partial charge in [-0.05, 0) is 50.3 Å². The van der Waals surface area contributed by atoms with E-state index in [1.165, 1.54) is 11.5 Å². The van der Waals surface area contributed by atoms with Gasteiger partial charge in [0.1, 0.15) is 11.9 Å². The van der Waals surface area contributed by atoms with Crippen molar-refractivity contribution in [2.24, 2.45) is 5.92 Å². The highest BCUT2D eigenvalue weighted by molar-refractivity contribution is 7.09. The fourth-order valence-corrected chi connectivity index (χ4v) is 5.16. The van der Waals surface area contributed by atoms with Crippen LogP contribution < -0.4 is 4.90 Å². The number of carbonyl (C=O) groups is 2. The lowest BCUT2D eigenvalue weighted by atomic mass is 9.96. The van der Waals surface area contributed by atoms with Crippen LogP contribution in [0.3, 0.4) is 0 Å². The molecule has 166 valence electrons. The molecule has 1 aromatic carbocycles. The Morgan fingerprint density at radius 2 is 1.90 bits per heavy atom. The van der Waals surface area contributed by atoms with Crippen molar-refractivity contribution < 1.29 is 14.3 Å². The normalized spacial score (nSPS) is 19.6. The summed E-state index contributed by atoms with van der Waals surface area (Å²) >= 11 is 7.31.